The van der Waals surface area contributed by atoms with Crippen LogP contribution in [0.4, 0.5) is 11.4 Å². The van der Waals surface area contributed by atoms with Crippen LogP contribution < -0.4 is 10.2 Å². The Labute approximate surface area is 149 Å². The van der Waals surface area contributed by atoms with E-state index in [1.54, 1.807) is 6.92 Å². The number of nitrogens with one attached hydrogen (secondary N) is 1. The molecule has 1 amide bonds. The van der Waals surface area contributed by atoms with Gasteiger partial charge in [-0.1, -0.05) is 36.4 Å². The van der Waals surface area contributed by atoms with Crippen molar-refractivity contribution in [1.82, 2.24) is 4.90 Å². The summed E-state index contributed by atoms with van der Waals surface area (Å²) in [5.41, 5.74) is 4.85. The Morgan fingerprint density at radius 3 is 2.80 bits per heavy atom. The maximum absolute atomic E-state index is 11.8. The summed E-state index contributed by atoms with van der Waals surface area (Å²) in [6.07, 6.45) is 2.11. The van der Waals surface area contributed by atoms with Crippen molar-refractivity contribution >= 4 is 17.3 Å². The highest BCUT2D eigenvalue weighted by atomic mass is 16.2. The van der Waals surface area contributed by atoms with E-state index >= 15 is 0 Å². The minimum Gasteiger partial charge on any atom is -0.381 e. The zero-order valence-electron chi connectivity index (χ0n) is 14.7. The number of benzene rings is 2. The quantitative estimate of drug-likeness (QED) is 0.931. The van der Waals surface area contributed by atoms with Gasteiger partial charge in [0, 0.05) is 50.5 Å². The van der Waals surface area contributed by atoms with Gasteiger partial charge in [0.1, 0.15) is 0 Å². The minimum atomic E-state index is 0.130. The summed E-state index contributed by atoms with van der Waals surface area (Å²) in [5, 5.41) is 3.67. The van der Waals surface area contributed by atoms with E-state index in [9.17, 15) is 4.79 Å². The van der Waals surface area contributed by atoms with E-state index in [1.165, 1.54) is 11.1 Å². The van der Waals surface area contributed by atoms with Crippen molar-refractivity contribution in [3.8, 4) is 0 Å². The fourth-order valence-corrected chi connectivity index (χ4v) is 3.97. The molecule has 2 aliphatic heterocycles. The van der Waals surface area contributed by atoms with Crippen LogP contribution in [0, 0.1) is 0 Å². The highest BCUT2D eigenvalue weighted by molar-refractivity contribution is 5.94. The van der Waals surface area contributed by atoms with E-state index in [2.05, 4.69) is 58.7 Å². The molecule has 0 radical (unpaired) electrons. The molecule has 4 rings (SSSR count). The van der Waals surface area contributed by atoms with Crippen molar-refractivity contribution in [1.29, 1.82) is 0 Å². The zero-order valence-corrected chi connectivity index (χ0v) is 14.7. The van der Waals surface area contributed by atoms with Gasteiger partial charge in [-0.3, -0.25) is 9.69 Å². The van der Waals surface area contributed by atoms with Crippen molar-refractivity contribution in [2.75, 3.05) is 29.9 Å². The molecule has 2 heterocycles. The van der Waals surface area contributed by atoms with Crippen LogP contribution in [0.5, 0.6) is 0 Å². The Bertz CT molecular complexity index is 759. The second kappa shape index (κ2) is 6.89. The first-order valence-corrected chi connectivity index (χ1v) is 9.13. The number of amides is 1. The fourth-order valence-electron chi connectivity index (χ4n) is 3.97. The molecule has 0 bridgehead atoms. The fraction of sp³-hybridized carbons (Fsp3) is 0.381. The lowest BCUT2D eigenvalue weighted by Crippen LogP contribution is -2.27. The molecule has 1 fully saturated rings. The zero-order chi connectivity index (χ0) is 17.2. The molecule has 1 unspecified atom stereocenters. The van der Waals surface area contributed by atoms with E-state index < -0.39 is 0 Å². The van der Waals surface area contributed by atoms with E-state index in [0.29, 0.717) is 6.04 Å². The second-order valence-electron chi connectivity index (χ2n) is 7.11. The first-order valence-electron chi connectivity index (χ1n) is 9.13. The van der Waals surface area contributed by atoms with E-state index in [0.717, 1.165) is 50.4 Å². The third-order valence-corrected chi connectivity index (χ3v) is 5.25. The average molecular weight is 335 g/mol. The second-order valence-corrected chi connectivity index (χ2v) is 7.11. The molecule has 1 N–H and O–H groups in total. The van der Waals surface area contributed by atoms with Gasteiger partial charge in [-0.15, -0.1) is 0 Å². The summed E-state index contributed by atoms with van der Waals surface area (Å²) in [7, 11) is 0. The molecule has 2 aromatic rings. The van der Waals surface area contributed by atoms with Crippen molar-refractivity contribution in [2.24, 2.45) is 0 Å². The smallest absolute Gasteiger partial charge is 0.223 e. The van der Waals surface area contributed by atoms with E-state index in [4.69, 9.17) is 0 Å². The van der Waals surface area contributed by atoms with Crippen LogP contribution in [0.25, 0.3) is 0 Å². The number of nitrogens with zero attached hydrogens (tertiary/aromatic N) is 2. The topological polar surface area (TPSA) is 35.6 Å². The Morgan fingerprint density at radius 1 is 1.16 bits per heavy atom. The summed E-state index contributed by atoms with van der Waals surface area (Å²) in [6.45, 7) is 5.65. The number of anilines is 2. The lowest BCUT2D eigenvalue weighted by molar-refractivity contribution is -0.116. The van der Waals surface area contributed by atoms with Crippen molar-refractivity contribution in [3.63, 3.8) is 0 Å². The van der Waals surface area contributed by atoms with Crippen LogP contribution in [0.15, 0.2) is 48.5 Å². The summed E-state index contributed by atoms with van der Waals surface area (Å²) in [6, 6.07) is 17.6. The number of carbonyl (C=O) groups excluding carboxylic acids is 1. The minimum absolute atomic E-state index is 0.130. The van der Waals surface area contributed by atoms with Gasteiger partial charge in [0.2, 0.25) is 5.91 Å². The number of likely N-dealkylation sites (tertiary alicyclic amines) is 1. The largest absolute Gasteiger partial charge is 0.381 e. The molecule has 1 atom stereocenters. The molecule has 2 aromatic carbocycles. The first kappa shape index (κ1) is 16.2. The summed E-state index contributed by atoms with van der Waals surface area (Å²) < 4.78 is 0. The molecular weight excluding hydrogens is 310 g/mol. The molecule has 0 spiro atoms. The number of hydrogen-bond acceptors (Lipinski definition) is 3. The third-order valence-electron chi connectivity index (χ3n) is 5.25. The summed E-state index contributed by atoms with van der Waals surface area (Å²) in [4.78, 5) is 16.2. The van der Waals surface area contributed by atoms with Gasteiger partial charge in [0.15, 0.2) is 0 Å². The van der Waals surface area contributed by atoms with Gasteiger partial charge < -0.3 is 10.2 Å². The molecule has 0 aliphatic carbocycles. The number of carbonyl (C=O) groups is 1. The Morgan fingerprint density at radius 2 is 2.00 bits per heavy atom. The normalized spacial score (nSPS) is 19.9. The molecule has 1 saturated heterocycles. The summed E-state index contributed by atoms with van der Waals surface area (Å²) >= 11 is 0. The van der Waals surface area contributed by atoms with Gasteiger partial charge in [-0.25, -0.2) is 0 Å². The van der Waals surface area contributed by atoms with Gasteiger partial charge in [0.25, 0.3) is 0 Å². The highest BCUT2D eigenvalue weighted by Crippen LogP contribution is 2.31. The Hall–Kier alpha value is -2.33. The number of rotatable bonds is 4. The van der Waals surface area contributed by atoms with Crippen LogP contribution in [0.3, 0.4) is 0 Å². The number of hydrogen-bond donors (Lipinski definition) is 1. The summed E-state index contributed by atoms with van der Waals surface area (Å²) in [5.74, 6) is 0.130. The van der Waals surface area contributed by atoms with Crippen LogP contribution in [0.2, 0.25) is 0 Å². The SMILES string of the molecule is CC(=O)N1CCc2ccc(NC3CCN(Cc4ccccc4)C3)cc21. The van der Waals surface area contributed by atoms with Gasteiger partial charge in [-0.2, -0.15) is 0 Å². The molecule has 0 aromatic heterocycles. The average Bonchev–Trinajstić information content (AvgIpc) is 3.22. The molecule has 25 heavy (non-hydrogen) atoms. The van der Waals surface area contributed by atoms with Crippen molar-refractivity contribution in [2.45, 2.75) is 32.4 Å². The Kier molecular flexibility index (Phi) is 4.45. The predicted octanol–water partition coefficient (Wildman–Crippen LogP) is 3.28. The molecular formula is C21H25N3O. The van der Waals surface area contributed by atoms with Crippen LogP contribution >= 0.6 is 0 Å². The highest BCUT2D eigenvalue weighted by Gasteiger charge is 2.25. The monoisotopic (exact) mass is 335 g/mol. The Balaban J connectivity index is 1.39. The first-order chi connectivity index (χ1) is 12.2. The van der Waals surface area contributed by atoms with Crippen LogP contribution in [-0.2, 0) is 17.8 Å². The lowest BCUT2D eigenvalue weighted by Gasteiger charge is -2.19. The third kappa shape index (κ3) is 3.54. The van der Waals surface area contributed by atoms with Gasteiger partial charge in [0.05, 0.1) is 0 Å². The van der Waals surface area contributed by atoms with Gasteiger partial charge in [-0.05, 0) is 36.1 Å². The standard InChI is InChI=1S/C21H25N3O/c1-16(25)24-12-9-18-7-8-19(13-21(18)24)22-20-10-11-23(15-20)14-17-5-3-2-4-6-17/h2-8,13,20,22H,9-12,14-15H2,1H3. The van der Waals surface area contributed by atoms with Crippen molar-refractivity contribution in [3.05, 3.63) is 59.7 Å². The predicted molar refractivity (Wildman–Crippen MR) is 102 cm³/mol. The lowest BCUT2D eigenvalue weighted by atomic mass is 10.1. The molecule has 4 heteroatoms. The molecule has 2 aliphatic rings. The van der Waals surface area contributed by atoms with Crippen LogP contribution in [0.1, 0.15) is 24.5 Å². The van der Waals surface area contributed by atoms with Gasteiger partial charge >= 0.3 is 0 Å². The molecule has 0 saturated carbocycles. The van der Waals surface area contributed by atoms with Crippen molar-refractivity contribution < 1.29 is 4.79 Å². The van der Waals surface area contributed by atoms with E-state index in [1.807, 2.05) is 4.90 Å². The molecule has 130 valence electrons. The number of fused-ring (bicyclic) bond motifs is 1. The van der Waals surface area contributed by atoms with E-state index in [-0.39, 0.29) is 5.91 Å². The molecule has 4 nitrogen and oxygen atoms in total. The maximum atomic E-state index is 11.8. The maximum Gasteiger partial charge on any atom is 0.223 e. The van der Waals surface area contributed by atoms with Crippen LogP contribution in [-0.4, -0.2) is 36.5 Å².